The Labute approximate surface area is 119 Å². The predicted molar refractivity (Wildman–Crippen MR) is 74.4 cm³/mol. The third-order valence-electron chi connectivity index (χ3n) is 3.82. The molecule has 0 radical (unpaired) electrons. The summed E-state index contributed by atoms with van der Waals surface area (Å²) in [6.07, 6.45) is 2.04. The number of carbonyl (C=O) groups is 1. The number of carbonyl (C=O) groups excluding carboxylic acids is 1. The summed E-state index contributed by atoms with van der Waals surface area (Å²) in [7, 11) is 1.61. The number of hydrogen-bond donors (Lipinski definition) is 0. The van der Waals surface area contributed by atoms with Gasteiger partial charge in [0.2, 0.25) is 0 Å². The van der Waals surface area contributed by atoms with Gasteiger partial charge in [0.05, 0.1) is 25.7 Å². The highest BCUT2D eigenvalue weighted by Gasteiger charge is 2.31. The molecule has 0 amide bonds. The van der Waals surface area contributed by atoms with Crippen LogP contribution in [0.1, 0.15) is 36.8 Å². The van der Waals surface area contributed by atoms with Crippen molar-refractivity contribution in [1.29, 1.82) is 5.26 Å². The zero-order valence-corrected chi connectivity index (χ0v) is 11.9. The van der Waals surface area contributed by atoms with Crippen LogP contribution in [0.25, 0.3) is 0 Å². The molecule has 1 aliphatic carbocycles. The van der Waals surface area contributed by atoms with Gasteiger partial charge in [0.25, 0.3) is 0 Å². The smallest absolute Gasteiger partial charge is 0.306 e. The molecule has 1 aromatic rings. The van der Waals surface area contributed by atoms with Crippen LogP contribution in [0.3, 0.4) is 0 Å². The van der Waals surface area contributed by atoms with E-state index in [1.165, 1.54) is 5.56 Å². The topological polar surface area (TPSA) is 59.3 Å². The maximum atomic E-state index is 11.7. The number of nitriles is 1. The highest BCUT2D eigenvalue weighted by atomic mass is 16.5. The number of hydrogen-bond acceptors (Lipinski definition) is 4. The Kier molecular flexibility index (Phi) is 4.62. The Morgan fingerprint density at radius 3 is 2.95 bits per heavy atom. The predicted octanol–water partition coefficient (Wildman–Crippen LogP) is 2.82. The van der Waals surface area contributed by atoms with Gasteiger partial charge in [-0.3, -0.25) is 4.79 Å². The monoisotopic (exact) mass is 273 g/mol. The fourth-order valence-corrected chi connectivity index (χ4v) is 2.81. The largest absolute Gasteiger partial charge is 0.497 e. The van der Waals surface area contributed by atoms with Gasteiger partial charge >= 0.3 is 5.97 Å². The van der Waals surface area contributed by atoms with E-state index >= 15 is 0 Å². The fourth-order valence-electron chi connectivity index (χ4n) is 2.81. The van der Waals surface area contributed by atoms with Crippen LogP contribution >= 0.6 is 0 Å². The molecule has 1 aliphatic rings. The lowest BCUT2D eigenvalue weighted by Gasteiger charge is -2.29. The van der Waals surface area contributed by atoms with Crippen molar-refractivity contribution in [2.75, 3.05) is 13.7 Å². The lowest BCUT2D eigenvalue weighted by Crippen LogP contribution is -2.23. The maximum absolute atomic E-state index is 11.7. The van der Waals surface area contributed by atoms with E-state index in [1.54, 1.807) is 14.0 Å². The summed E-state index contributed by atoms with van der Waals surface area (Å²) in [5, 5.41) is 9.47. The number of benzene rings is 1. The second-order valence-electron chi connectivity index (χ2n) is 4.98. The first kappa shape index (κ1) is 14.4. The summed E-state index contributed by atoms with van der Waals surface area (Å²) < 4.78 is 10.2. The number of fused-ring (bicyclic) bond motifs is 1. The molecule has 0 saturated carbocycles. The first-order valence-electron chi connectivity index (χ1n) is 6.91. The number of esters is 1. The quantitative estimate of drug-likeness (QED) is 0.791. The number of ether oxygens (including phenoxy) is 2. The van der Waals surface area contributed by atoms with Gasteiger partial charge in [-0.2, -0.15) is 5.26 Å². The van der Waals surface area contributed by atoms with E-state index in [2.05, 4.69) is 6.07 Å². The van der Waals surface area contributed by atoms with Gasteiger partial charge in [-0.15, -0.1) is 0 Å². The van der Waals surface area contributed by atoms with E-state index in [-0.39, 0.29) is 17.8 Å². The van der Waals surface area contributed by atoms with Crippen molar-refractivity contribution in [3.8, 4) is 11.8 Å². The molecule has 0 heterocycles. The second-order valence-corrected chi connectivity index (χ2v) is 4.98. The Hall–Kier alpha value is -2.02. The first-order valence-corrected chi connectivity index (χ1v) is 6.91. The Morgan fingerprint density at radius 2 is 2.30 bits per heavy atom. The standard InChI is InChI=1S/C16H19NO3/c1-3-20-16(18)8-12-5-4-11-6-7-13(19-2)9-14(11)15(12)10-17/h6-7,9,12,15H,3-5,8H2,1-2H3. The van der Waals surface area contributed by atoms with Crippen molar-refractivity contribution in [3.05, 3.63) is 29.3 Å². The molecule has 0 spiro atoms. The van der Waals surface area contributed by atoms with Gasteiger partial charge in [-0.1, -0.05) is 6.07 Å². The number of aryl methyl sites for hydroxylation is 1. The minimum Gasteiger partial charge on any atom is -0.497 e. The summed E-state index contributed by atoms with van der Waals surface area (Å²) in [6, 6.07) is 8.19. The van der Waals surface area contributed by atoms with E-state index in [9.17, 15) is 10.1 Å². The van der Waals surface area contributed by atoms with Crippen LogP contribution in [0.2, 0.25) is 0 Å². The van der Waals surface area contributed by atoms with Crippen molar-refractivity contribution in [1.82, 2.24) is 0 Å². The molecule has 20 heavy (non-hydrogen) atoms. The normalized spacial score (nSPS) is 20.6. The van der Waals surface area contributed by atoms with Crippen molar-refractivity contribution >= 4 is 5.97 Å². The summed E-state index contributed by atoms with van der Waals surface area (Å²) in [5.41, 5.74) is 2.17. The Balaban J connectivity index is 2.23. The number of methoxy groups -OCH3 is 1. The van der Waals surface area contributed by atoms with Crippen molar-refractivity contribution < 1.29 is 14.3 Å². The Bertz CT molecular complexity index is 533. The minimum absolute atomic E-state index is 0.0265. The molecule has 106 valence electrons. The molecular weight excluding hydrogens is 254 g/mol. The first-order chi connectivity index (χ1) is 9.69. The molecule has 4 nitrogen and oxygen atoms in total. The van der Waals surface area contributed by atoms with Crippen LogP contribution in [-0.4, -0.2) is 19.7 Å². The second kappa shape index (κ2) is 6.42. The molecule has 0 fully saturated rings. The van der Waals surface area contributed by atoms with E-state index in [4.69, 9.17) is 9.47 Å². The van der Waals surface area contributed by atoms with Gasteiger partial charge in [0.1, 0.15) is 5.75 Å². The molecule has 2 atom stereocenters. The molecule has 0 saturated heterocycles. The number of rotatable bonds is 4. The highest BCUT2D eigenvalue weighted by molar-refractivity contribution is 5.70. The molecule has 2 rings (SSSR count). The molecule has 2 unspecified atom stereocenters. The number of nitrogens with zero attached hydrogens (tertiary/aromatic N) is 1. The van der Waals surface area contributed by atoms with Crippen LogP contribution in [0.5, 0.6) is 5.75 Å². The average molecular weight is 273 g/mol. The molecule has 0 N–H and O–H groups in total. The van der Waals surface area contributed by atoms with E-state index in [0.717, 1.165) is 24.2 Å². The molecular formula is C16H19NO3. The molecule has 1 aromatic carbocycles. The highest BCUT2D eigenvalue weighted by Crippen LogP contribution is 2.39. The van der Waals surface area contributed by atoms with Gasteiger partial charge in [0, 0.05) is 6.42 Å². The summed E-state index contributed by atoms with van der Waals surface area (Å²) in [5.74, 6) is 0.293. The van der Waals surface area contributed by atoms with E-state index in [0.29, 0.717) is 13.0 Å². The zero-order valence-electron chi connectivity index (χ0n) is 11.9. The lowest BCUT2D eigenvalue weighted by molar-refractivity contribution is -0.144. The van der Waals surface area contributed by atoms with Crippen molar-refractivity contribution in [2.24, 2.45) is 5.92 Å². The van der Waals surface area contributed by atoms with Crippen LogP contribution in [0, 0.1) is 17.2 Å². The molecule has 0 aliphatic heterocycles. The summed E-state index contributed by atoms with van der Waals surface area (Å²) in [4.78, 5) is 11.7. The van der Waals surface area contributed by atoms with Crippen LogP contribution in [0.15, 0.2) is 18.2 Å². The van der Waals surface area contributed by atoms with E-state index < -0.39 is 0 Å². The van der Waals surface area contributed by atoms with Gasteiger partial charge < -0.3 is 9.47 Å². The third kappa shape index (κ3) is 2.93. The fraction of sp³-hybridized carbons (Fsp3) is 0.500. The van der Waals surface area contributed by atoms with Crippen LogP contribution in [-0.2, 0) is 16.0 Å². The molecule has 4 heteroatoms. The van der Waals surface area contributed by atoms with E-state index in [1.807, 2.05) is 18.2 Å². The third-order valence-corrected chi connectivity index (χ3v) is 3.82. The van der Waals surface area contributed by atoms with Crippen molar-refractivity contribution in [2.45, 2.75) is 32.1 Å². The summed E-state index contributed by atoms with van der Waals surface area (Å²) >= 11 is 0. The average Bonchev–Trinajstić information content (AvgIpc) is 2.46. The molecule has 0 aromatic heterocycles. The lowest BCUT2D eigenvalue weighted by atomic mass is 9.74. The zero-order chi connectivity index (χ0) is 14.5. The minimum atomic E-state index is -0.266. The van der Waals surface area contributed by atoms with Crippen LogP contribution in [0.4, 0.5) is 0 Å². The molecule has 0 bridgehead atoms. The van der Waals surface area contributed by atoms with Gasteiger partial charge in [-0.05, 0) is 48.9 Å². The SMILES string of the molecule is CCOC(=O)CC1CCc2ccc(OC)cc2C1C#N. The summed E-state index contributed by atoms with van der Waals surface area (Å²) in [6.45, 7) is 2.17. The van der Waals surface area contributed by atoms with Gasteiger partial charge in [0.15, 0.2) is 0 Å². The van der Waals surface area contributed by atoms with Crippen LogP contribution < -0.4 is 4.74 Å². The van der Waals surface area contributed by atoms with Crippen molar-refractivity contribution in [3.63, 3.8) is 0 Å². The maximum Gasteiger partial charge on any atom is 0.306 e. The van der Waals surface area contributed by atoms with Gasteiger partial charge in [-0.25, -0.2) is 0 Å². The Morgan fingerprint density at radius 1 is 1.50 bits per heavy atom.